The van der Waals surface area contributed by atoms with Crippen LogP contribution in [-0.4, -0.2) is 25.5 Å². The first-order valence-corrected chi connectivity index (χ1v) is 4.94. The zero-order valence-corrected chi connectivity index (χ0v) is 9.30. The van der Waals surface area contributed by atoms with E-state index in [0.29, 0.717) is 6.42 Å². The molecule has 1 amide bonds. The molecule has 0 aromatic heterocycles. The lowest BCUT2D eigenvalue weighted by atomic mass is 10.2. The third kappa shape index (κ3) is 2.94. The van der Waals surface area contributed by atoms with E-state index in [2.05, 4.69) is 5.32 Å². The molecule has 1 aliphatic rings. The second-order valence-electron chi connectivity index (χ2n) is 3.38. The molecule has 1 aromatic carbocycles. The van der Waals surface area contributed by atoms with Gasteiger partial charge in [-0.1, -0.05) is 18.2 Å². The summed E-state index contributed by atoms with van der Waals surface area (Å²) in [6.45, 7) is 2.44. The molecular formula is C11H15ClN2O. The molecule has 1 N–H and O–H groups in total. The lowest BCUT2D eigenvalue weighted by molar-refractivity contribution is -0.118. The van der Waals surface area contributed by atoms with Gasteiger partial charge in [-0.2, -0.15) is 0 Å². The molecular weight excluding hydrogens is 212 g/mol. The van der Waals surface area contributed by atoms with Gasteiger partial charge in [0.25, 0.3) is 0 Å². The Kier molecular flexibility index (Phi) is 4.59. The predicted octanol–water partition coefficient (Wildman–Crippen LogP) is 1.43. The molecule has 1 heterocycles. The molecule has 0 spiro atoms. The van der Waals surface area contributed by atoms with Crippen LogP contribution in [0.2, 0.25) is 0 Å². The Morgan fingerprint density at radius 1 is 1.13 bits per heavy atom. The maximum Gasteiger partial charge on any atom is 0.228 e. The van der Waals surface area contributed by atoms with Crippen molar-refractivity contribution in [2.45, 2.75) is 6.42 Å². The van der Waals surface area contributed by atoms with Crippen molar-refractivity contribution in [3.8, 4) is 0 Å². The second kappa shape index (κ2) is 5.73. The van der Waals surface area contributed by atoms with E-state index in [0.717, 1.165) is 25.3 Å². The number of carbonyl (C=O) groups is 1. The number of amides is 1. The molecule has 15 heavy (non-hydrogen) atoms. The third-order valence-electron chi connectivity index (χ3n) is 2.40. The molecule has 1 aliphatic heterocycles. The average Bonchev–Trinajstić information content (AvgIpc) is 2.44. The number of hydrogen-bond donors (Lipinski definition) is 1. The smallest absolute Gasteiger partial charge is 0.228 e. The van der Waals surface area contributed by atoms with E-state index in [1.54, 1.807) is 0 Å². The van der Waals surface area contributed by atoms with Gasteiger partial charge in [-0.15, -0.1) is 12.4 Å². The number of benzene rings is 1. The molecule has 1 saturated heterocycles. The molecule has 4 heteroatoms. The first kappa shape index (κ1) is 12.0. The summed E-state index contributed by atoms with van der Waals surface area (Å²) in [4.78, 5) is 13.5. The standard InChI is InChI=1S/C11H14N2O.ClH/c14-11-6-7-12-8-9-13(11)10-4-2-1-3-5-10;/h1-5,12H,6-9H2;1H. The zero-order chi connectivity index (χ0) is 9.80. The molecule has 2 rings (SSSR count). The van der Waals surface area contributed by atoms with E-state index >= 15 is 0 Å². The van der Waals surface area contributed by atoms with Crippen molar-refractivity contribution in [2.24, 2.45) is 0 Å². The molecule has 3 nitrogen and oxygen atoms in total. The van der Waals surface area contributed by atoms with Gasteiger partial charge in [-0.25, -0.2) is 0 Å². The first-order valence-electron chi connectivity index (χ1n) is 4.94. The SMILES string of the molecule is Cl.O=C1CCNCCN1c1ccccc1. The van der Waals surface area contributed by atoms with E-state index in [-0.39, 0.29) is 18.3 Å². The average molecular weight is 227 g/mol. The summed E-state index contributed by atoms with van der Waals surface area (Å²) >= 11 is 0. The molecule has 82 valence electrons. The molecule has 0 bridgehead atoms. The highest BCUT2D eigenvalue weighted by atomic mass is 35.5. The fourth-order valence-electron chi connectivity index (χ4n) is 1.65. The normalized spacial score (nSPS) is 16.8. The number of anilines is 1. The fourth-order valence-corrected chi connectivity index (χ4v) is 1.65. The number of carbonyl (C=O) groups excluding carboxylic acids is 1. The van der Waals surface area contributed by atoms with Crippen LogP contribution in [0.15, 0.2) is 30.3 Å². The monoisotopic (exact) mass is 226 g/mol. The van der Waals surface area contributed by atoms with Crippen LogP contribution in [0.4, 0.5) is 5.69 Å². The lowest BCUT2D eigenvalue weighted by Gasteiger charge is -2.19. The van der Waals surface area contributed by atoms with Crippen LogP contribution in [0.5, 0.6) is 0 Å². The van der Waals surface area contributed by atoms with Crippen LogP contribution in [0.3, 0.4) is 0 Å². The minimum absolute atomic E-state index is 0. The maximum atomic E-state index is 11.7. The van der Waals surface area contributed by atoms with E-state index < -0.39 is 0 Å². The Bertz CT molecular complexity index is 316. The van der Waals surface area contributed by atoms with Crippen LogP contribution in [0.1, 0.15) is 6.42 Å². The minimum atomic E-state index is 0. The summed E-state index contributed by atoms with van der Waals surface area (Å²) in [5.41, 5.74) is 1.00. The summed E-state index contributed by atoms with van der Waals surface area (Å²) < 4.78 is 0. The van der Waals surface area contributed by atoms with Gasteiger partial charge in [-0.05, 0) is 12.1 Å². The summed E-state index contributed by atoms with van der Waals surface area (Å²) in [6.07, 6.45) is 0.592. The number of para-hydroxylation sites is 1. The van der Waals surface area contributed by atoms with Gasteiger partial charge >= 0.3 is 0 Å². The molecule has 0 atom stereocenters. The van der Waals surface area contributed by atoms with Gasteiger partial charge in [-0.3, -0.25) is 4.79 Å². The highest BCUT2D eigenvalue weighted by molar-refractivity contribution is 5.93. The van der Waals surface area contributed by atoms with Crippen molar-refractivity contribution in [1.29, 1.82) is 0 Å². The van der Waals surface area contributed by atoms with Gasteiger partial charge < -0.3 is 10.2 Å². The van der Waals surface area contributed by atoms with Crippen molar-refractivity contribution in [1.82, 2.24) is 5.32 Å². The first-order chi connectivity index (χ1) is 6.88. The largest absolute Gasteiger partial charge is 0.314 e. The van der Waals surface area contributed by atoms with Crippen LogP contribution in [0.25, 0.3) is 0 Å². The fraction of sp³-hybridized carbons (Fsp3) is 0.364. The van der Waals surface area contributed by atoms with Crippen molar-refractivity contribution < 1.29 is 4.79 Å². The van der Waals surface area contributed by atoms with Crippen LogP contribution in [-0.2, 0) is 4.79 Å². The Hall–Kier alpha value is -1.06. The van der Waals surface area contributed by atoms with Crippen LogP contribution >= 0.6 is 12.4 Å². The van der Waals surface area contributed by atoms with Gasteiger partial charge in [0.1, 0.15) is 0 Å². The highest BCUT2D eigenvalue weighted by Gasteiger charge is 2.16. The lowest BCUT2D eigenvalue weighted by Crippen LogP contribution is -2.32. The summed E-state index contributed by atoms with van der Waals surface area (Å²) in [5, 5.41) is 3.21. The predicted molar refractivity (Wildman–Crippen MR) is 63.5 cm³/mol. The van der Waals surface area contributed by atoms with Gasteiger partial charge in [0, 0.05) is 31.7 Å². The zero-order valence-electron chi connectivity index (χ0n) is 8.48. The minimum Gasteiger partial charge on any atom is -0.314 e. The van der Waals surface area contributed by atoms with E-state index in [1.165, 1.54) is 0 Å². The number of nitrogens with zero attached hydrogens (tertiary/aromatic N) is 1. The Morgan fingerprint density at radius 3 is 2.60 bits per heavy atom. The number of halogens is 1. The molecule has 0 saturated carbocycles. The highest BCUT2D eigenvalue weighted by Crippen LogP contribution is 2.14. The topological polar surface area (TPSA) is 32.3 Å². The van der Waals surface area contributed by atoms with Crippen molar-refractivity contribution in [3.05, 3.63) is 30.3 Å². The summed E-state index contributed by atoms with van der Waals surface area (Å²) in [5.74, 6) is 0.209. The molecule has 1 aromatic rings. The molecule has 0 radical (unpaired) electrons. The second-order valence-corrected chi connectivity index (χ2v) is 3.38. The quantitative estimate of drug-likeness (QED) is 0.786. The Balaban J connectivity index is 0.00000112. The summed E-state index contributed by atoms with van der Waals surface area (Å²) in [7, 11) is 0. The van der Waals surface area contributed by atoms with Crippen molar-refractivity contribution in [3.63, 3.8) is 0 Å². The number of nitrogens with one attached hydrogen (secondary N) is 1. The maximum absolute atomic E-state index is 11.7. The Morgan fingerprint density at radius 2 is 1.87 bits per heavy atom. The van der Waals surface area contributed by atoms with Gasteiger partial charge in [0.15, 0.2) is 0 Å². The molecule has 1 fully saturated rings. The summed E-state index contributed by atoms with van der Waals surface area (Å²) in [6, 6.07) is 9.83. The third-order valence-corrected chi connectivity index (χ3v) is 2.40. The van der Waals surface area contributed by atoms with Crippen LogP contribution < -0.4 is 10.2 Å². The van der Waals surface area contributed by atoms with E-state index in [4.69, 9.17) is 0 Å². The van der Waals surface area contributed by atoms with Crippen LogP contribution in [0, 0.1) is 0 Å². The number of hydrogen-bond acceptors (Lipinski definition) is 2. The van der Waals surface area contributed by atoms with Crippen molar-refractivity contribution >= 4 is 24.0 Å². The van der Waals surface area contributed by atoms with Crippen molar-refractivity contribution in [2.75, 3.05) is 24.5 Å². The number of rotatable bonds is 1. The van der Waals surface area contributed by atoms with Gasteiger partial charge in [0.2, 0.25) is 5.91 Å². The van der Waals surface area contributed by atoms with E-state index in [1.807, 2.05) is 35.2 Å². The van der Waals surface area contributed by atoms with E-state index in [9.17, 15) is 4.79 Å². The molecule has 0 aliphatic carbocycles. The Labute approximate surface area is 95.9 Å². The van der Waals surface area contributed by atoms with Gasteiger partial charge in [0.05, 0.1) is 0 Å². The molecule has 0 unspecified atom stereocenters.